The third-order valence-corrected chi connectivity index (χ3v) is 4.26. The van der Waals surface area contributed by atoms with Crippen molar-refractivity contribution in [2.45, 2.75) is 6.04 Å². The van der Waals surface area contributed by atoms with Gasteiger partial charge in [-0.1, -0.05) is 5.10 Å². The lowest BCUT2D eigenvalue weighted by atomic mass is 10.1. The predicted octanol–water partition coefficient (Wildman–Crippen LogP) is 3.25. The van der Waals surface area contributed by atoms with Gasteiger partial charge < -0.3 is 29.4 Å². The van der Waals surface area contributed by atoms with Gasteiger partial charge in [0.15, 0.2) is 11.5 Å². The lowest BCUT2D eigenvalue weighted by molar-refractivity contribution is 0.174. The maximum atomic E-state index is 6.29. The maximum absolute atomic E-state index is 6.29. The highest BCUT2D eigenvalue weighted by atomic mass is 16.7. The van der Waals surface area contributed by atoms with Gasteiger partial charge in [0, 0.05) is 18.0 Å². The molecule has 3 N–H and O–H groups in total. The number of benzene rings is 1. The van der Waals surface area contributed by atoms with Gasteiger partial charge in [-0.3, -0.25) is 4.98 Å². The number of hydrogen-bond donors (Lipinski definition) is 2. The topological polar surface area (TPSA) is 121 Å². The number of aromatic nitrogens is 3. The molecule has 5 rings (SSSR count). The average molecular weight is 377 g/mol. The normalized spacial score (nSPS) is 13.5. The average Bonchev–Trinajstić information content (AvgIpc) is 3.48. The fourth-order valence-electron chi connectivity index (χ4n) is 2.93. The quantitative estimate of drug-likeness (QED) is 0.539. The summed E-state index contributed by atoms with van der Waals surface area (Å²) in [7, 11) is 0. The number of nitrogens with zero attached hydrogens (tertiary/aromatic N) is 3. The smallest absolute Gasteiger partial charge is 0.320 e. The molecule has 0 bridgehead atoms. The first-order valence-electron chi connectivity index (χ1n) is 8.52. The van der Waals surface area contributed by atoms with Gasteiger partial charge in [0.25, 0.3) is 5.89 Å². The van der Waals surface area contributed by atoms with Gasteiger partial charge in [0.1, 0.15) is 11.8 Å². The fraction of sp³-hybridized carbons (Fsp3) is 0.105. The summed E-state index contributed by atoms with van der Waals surface area (Å²) >= 11 is 0. The molecule has 4 aromatic rings. The highest BCUT2D eigenvalue weighted by Gasteiger charge is 2.21. The Hall–Kier alpha value is -3.85. The van der Waals surface area contributed by atoms with Gasteiger partial charge in [-0.25, -0.2) is 0 Å². The second-order valence-electron chi connectivity index (χ2n) is 6.03. The van der Waals surface area contributed by atoms with Crippen LogP contribution in [0.25, 0.3) is 11.5 Å². The predicted molar refractivity (Wildman–Crippen MR) is 98.1 cm³/mol. The molecule has 0 aliphatic carbocycles. The van der Waals surface area contributed by atoms with Crippen LogP contribution in [0.1, 0.15) is 17.5 Å². The van der Waals surface area contributed by atoms with Gasteiger partial charge in [-0.2, -0.15) is 0 Å². The van der Waals surface area contributed by atoms with Gasteiger partial charge in [-0.05, 0) is 36.4 Å². The molecule has 4 heterocycles. The summed E-state index contributed by atoms with van der Waals surface area (Å²) in [4.78, 5) is 4.38. The molecule has 28 heavy (non-hydrogen) atoms. The van der Waals surface area contributed by atoms with E-state index in [4.69, 9.17) is 24.0 Å². The summed E-state index contributed by atoms with van der Waals surface area (Å²) in [5, 5.41) is 11.2. The highest BCUT2D eigenvalue weighted by molar-refractivity contribution is 5.62. The summed E-state index contributed by atoms with van der Waals surface area (Å²) < 4.78 is 21.8. The number of nitrogens with two attached hydrogens (primary N) is 1. The van der Waals surface area contributed by atoms with Crippen molar-refractivity contribution in [3.63, 3.8) is 0 Å². The minimum atomic E-state index is -0.552. The van der Waals surface area contributed by atoms with E-state index in [2.05, 4.69) is 20.5 Å². The van der Waals surface area contributed by atoms with Crippen LogP contribution < -0.4 is 20.5 Å². The molecule has 0 saturated carbocycles. The molecule has 9 nitrogen and oxygen atoms in total. The molecule has 0 amide bonds. The summed E-state index contributed by atoms with van der Waals surface area (Å²) in [5.74, 6) is 2.25. The summed E-state index contributed by atoms with van der Waals surface area (Å²) in [6.07, 6.45) is 3.22. The van der Waals surface area contributed by atoms with Crippen LogP contribution in [-0.2, 0) is 0 Å². The van der Waals surface area contributed by atoms with Gasteiger partial charge in [0.2, 0.25) is 6.79 Å². The number of pyridine rings is 1. The molecule has 140 valence electrons. The molecule has 3 aromatic heterocycles. The van der Waals surface area contributed by atoms with Crippen LogP contribution >= 0.6 is 0 Å². The molecule has 0 saturated heterocycles. The molecule has 1 aromatic carbocycles. The molecule has 1 unspecified atom stereocenters. The van der Waals surface area contributed by atoms with Crippen LogP contribution in [0, 0.1) is 0 Å². The first kappa shape index (κ1) is 16.3. The van der Waals surface area contributed by atoms with Crippen LogP contribution in [0.2, 0.25) is 0 Å². The Balaban J connectivity index is 1.42. The van der Waals surface area contributed by atoms with Gasteiger partial charge in [-0.15, -0.1) is 5.10 Å². The van der Waals surface area contributed by atoms with Crippen LogP contribution in [-0.4, -0.2) is 22.0 Å². The zero-order valence-electron chi connectivity index (χ0n) is 14.5. The maximum Gasteiger partial charge on any atom is 0.320 e. The van der Waals surface area contributed by atoms with E-state index in [1.165, 1.54) is 0 Å². The van der Waals surface area contributed by atoms with E-state index in [-0.39, 0.29) is 12.8 Å². The first-order valence-corrected chi connectivity index (χ1v) is 8.52. The number of nitrogens with one attached hydrogen (secondary N) is 1. The lowest BCUT2D eigenvalue weighted by Gasteiger charge is -2.11. The Bertz CT molecular complexity index is 1110. The van der Waals surface area contributed by atoms with E-state index in [9.17, 15) is 0 Å². The van der Waals surface area contributed by atoms with E-state index in [1.807, 2.05) is 18.2 Å². The third-order valence-electron chi connectivity index (χ3n) is 4.26. The lowest BCUT2D eigenvalue weighted by Crippen LogP contribution is -2.14. The molecule has 1 aliphatic heterocycles. The van der Waals surface area contributed by atoms with Gasteiger partial charge >= 0.3 is 6.01 Å². The minimum absolute atomic E-state index is 0.212. The third kappa shape index (κ3) is 2.93. The molecular formula is C19H15N5O4. The second-order valence-corrected chi connectivity index (χ2v) is 6.03. The Labute approximate surface area is 159 Å². The summed E-state index contributed by atoms with van der Waals surface area (Å²) in [5.41, 5.74) is 8.24. The van der Waals surface area contributed by atoms with E-state index in [1.54, 1.807) is 36.7 Å². The molecule has 0 fully saturated rings. The Morgan fingerprint density at radius 3 is 2.86 bits per heavy atom. The van der Waals surface area contributed by atoms with E-state index >= 15 is 0 Å². The van der Waals surface area contributed by atoms with Crippen molar-refractivity contribution in [2.75, 3.05) is 12.1 Å². The molecule has 1 aliphatic rings. The molecular weight excluding hydrogens is 362 g/mol. The number of furan rings is 1. The van der Waals surface area contributed by atoms with Crippen molar-refractivity contribution in [3.05, 3.63) is 66.4 Å². The number of anilines is 2. The van der Waals surface area contributed by atoms with Crippen LogP contribution in [0.5, 0.6) is 11.5 Å². The van der Waals surface area contributed by atoms with Crippen molar-refractivity contribution in [3.8, 4) is 23.0 Å². The van der Waals surface area contributed by atoms with Crippen LogP contribution in [0.4, 0.5) is 11.7 Å². The number of fused-ring (bicyclic) bond motifs is 1. The Kier molecular flexibility index (Phi) is 3.91. The monoisotopic (exact) mass is 377 g/mol. The zero-order valence-corrected chi connectivity index (χ0v) is 14.5. The molecule has 0 radical (unpaired) electrons. The number of ether oxygens (including phenoxy) is 2. The van der Waals surface area contributed by atoms with E-state index in [0.717, 1.165) is 5.69 Å². The second kappa shape index (κ2) is 6.71. The largest absolute Gasteiger partial charge is 0.467 e. The number of rotatable bonds is 5. The minimum Gasteiger partial charge on any atom is -0.467 e. The van der Waals surface area contributed by atoms with Crippen molar-refractivity contribution in [2.24, 2.45) is 5.73 Å². The van der Waals surface area contributed by atoms with Crippen molar-refractivity contribution in [1.29, 1.82) is 0 Å². The van der Waals surface area contributed by atoms with Gasteiger partial charge in [0.05, 0.1) is 17.5 Å². The zero-order chi connectivity index (χ0) is 18.9. The number of hydrogen-bond acceptors (Lipinski definition) is 9. The standard InChI is InChI=1S/C19H15N5O4/c20-16(14-4-2-8-25-14)17-12(3-1-7-21-17)18-23-24-19(28-18)22-11-5-6-13-15(9-11)27-10-26-13/h1-9,16H,10,20H2,(H,22,24). The first-order chi connectivity index (χ1) is 13.8. The summed E-state index contributed by atoms with van der Waals surface area (Å²) in [6, 6.07) is 12.3. The molecule has 0 spiro atoms. The van der Waals surface area contributed by atoms with Crippen molar-refractivity contribution >= 4 is 11.7 Å². The van der Waals surface area contributed by atoms with Crippen LogP contribution in [0.15, 0.2) is 63.8 Å². The van der Waals surface area contributed by atoms with E-state index in [0.29, 0.717) is 34.4 Å². The Morgan fingerprint density at radius 2 is 1.96 bits per heavy atom. The van der Waals surface area contributed by atoms with Crippen molar-refractivity contribution < 1.29 is 18.3 Å². The Morgan fingerprint density at radius 1 is 1.04 bits per heavy atom. The molecule has 9 heteroatoms. The highest BCUT2D eigenvalue weighted by Crippen LogP contribution is 2.35. The fourth-order valence-corrected chi connectivity index (χ4v) is 2.93. The SMILES string of the molecule is NC(c1ccco1)c1ncccc1-c1nnc(Nc2ccc3c(c2)OCO3)o1. The summed E-state index contributed by atoms with van der Waals surface area (Å²) in [6.45, 7) is 0.212. The molecule has 1 atom stereocenters. The van der Waals surface area contributed by atoms with Crippen molar-refractivity contribution in [1.82, 2.24) is 15.2 Å². The van der Waals surface area contributed by atoms with Crippen LogP contribution in [0.3, 0.4) is 0 Å². The van der Waals surface area contributed by atoms with E-state index < -0.39 is 6.04 Å².